The van der Waals surface area contributed by atoms with Gasteiger partial charge < -0.3 is 25.3 Å². The van der Waals surface area contributed by atoms with Gasteiger partial charge in [0, 0.05) is 45.5 Å². The molecule has 3 aromatic rings. The van der Waals surface area contributed by atoms with E-state index in [2.05, 4.69) is 20.9 Å². The van der Waals surface area contributed by atoms with Crippen molar-refractivity contribution in [2.45, 2.75) is 13.1 Å². The van der Waals surface area contributed by atoms with E-state index in [1.807, 2.05) is 48.5 Å². The van der Waals surface area contributed by atoms with E-state index in [0.717, 1.165) is 11.1 Å². The molecule has 2 amide bonds. The number of rotatable bonds is 7. The second-order valence-electron chi connectivity index (χ2n) is 7.30. The number of carbonyl (C=O) groups excluding carboxylic acids is 2. The van der Waals surface area contributed by atoms with Crippen LogP contribution in [-0.4, -0.2) is 43.8 Å². The van der Waals surface area contributed by atoms with Gasteiger partial charge in [-0.25, -0.2) is 0 Å². The maximum atomic E-state index is 12.0. The number of furan rings is 1. The van der Waals surface area contributed by atoms with Crippen molar-refractivity contribution in [3.8, 4) is 0 Å². The van der Waals surface area contributed by atoms with Crippen LogP contribution in [0.1, 0.15) is 32.0 Å². The summed E-state index contributed by atoms with van der Waals surface area (Å²) in [6.45, 7) is 1.15. The minimum Gasteiger partial charge on any atom is -0.459 e. The molecule has 2 aromatic carbocycles. The third kappa shape index (κ3) is 7.63. The van der Waals surface area contributed by atoms with E-state index in [0.29, 0.717) is 30.3 Å². The van der Waals surface area contributed by atoms with Gasteiger partial charge in [0.05, 0.1) is 6.26 Å². The molecule has 8 nitrogen and oxygen atoms in total. The summed E-state index contributed by atoms with van der Waals surface area (Å²) < 4.78 is 5.09. The lowest BCUT2D eigenvalue weighted by Gasteiger charge is -2.13. The quantitative estimate of drug-likeness (QED) is 0.232. The Hall–Kier alpha value is -3.34. The highest BCUT2D eigenvalue weighted by atomic mass is 127. The molecule has 0 aliphatic heterocycles. The van der Waals surface area contributed by atoms with Crippen molar-refractivity contribution in [1.29, 1.82) is 0 Å². The predicted octanol–water partition coefficient (Wildman–Crippen LogP) is 3.72. The Morgan fingerprint density at radius 3 is 1.97 bits per heavy atom. The van der Waals surface area contributed by atoms with Gasteiger partial charge in [-0.1, -0.05) is 24.3 Å². The third-order valence-corrected chi connectivity index (χ3v) is 4.71. The van der Waals surface area contributed by atoms with Gasteiger partial charge in [0.25, 0.3) is 11.8 Å². The van der Waals surface area contributed by atoms with E-state index in [1.54, 1.807) is 38.2 Å². The number of nitrogens with one attached hydrogen (secondary N) is 3. The Labute approximate surface area is 210 Å². The smallest absolute Gasteiger partial charge is 0.291 e. The lowest BCUT2D eigenvalue weighted by atomic mass is 10.1. The van der Waals surface area contributed by atoms with Crippen LogP contribution < -0.4 is 16.0 Å². The zero-order valence-electron chi connectivity index (χ0n) is 18.8. The first-order valence-corrected chi connectivity index (χ1v) is 10.1. The normalized spacial score (nSPS) is 10.7. The molecule has 0 atom stereocenters. The van der Waals surface area contributed by atoms with Crippen LogP contribution in [0, 0.1) is 0 Å². The fraction of sp³-hybridized carbons (Fsp3) is 0.208. The number of anilines is 1. The molecule has 0 bridgehead atoms. The van der Waals surface area contributed by atoms with Gasteiger partial charge in [0.1, 0.15) is 0 Å². The molecular formula is C24H28IN5O3. The number of aliphatic imine (C=N–C) groups is 1. The summed E-state index contributed by atoms with van der Waals surface area (Å²) in [5, 5.41) is 9.31. The highest BCUT2D eigenvalue weighted by Gasteiger charge is 2.09. The molecule has 3 rings (SSSR count). The average Bonchev–Trinajstić information content (AvgIpc) is 3.35. The molecule has 33 heavy (non-hydrogen) atoms. The van der Waals surface area contributed by atoms with E-state index < -0.39 is 0 Å². The van der Waals surface area contributed by atoms with Gasteiger partial charge >= 0.3 is 0 Å². The Morgan fingerprint density at radius 1 is 0.909 bits per heavy atom. The number of halogens is 1. The van der Waals surface area contributed by atoms with E-state index in [1.165, 1.54) is 6.26 Å². The van der Waals surface area contributed by atoms with Crippen LogP contribution in [0.5, 0.6) is 0 Å². The highest BCUT2D eigenvalue weighted by molar-refractivity contribution is 14.0. The van der Waals surface area contributed by atoms with Crippen LogP contribution in [0.4, 0.5) is 5.69 Å². The van der Waals surface area contributed by atoms with Crippen LogP contribution in [0.3, 0.4) is 0 Å². The maximum absolute atomic E-state index is 12.0. The van der Waals surface area contributed by atoms with Crippen molar-refractivity contribution >= 4 is 47.4 Å². The maximum Gasteiger partial charge on any atom is 0.291 e. The average molecular weight is 561 g/mol. The van der Waals surface area contributed by atoms with Crippen LogP contribution in [-0.2, 0) is 13.1 Å². The van der Waals surface area contributed by atoms with Crippen molar-refractivity contribution in [2.24, 2.45) is 4.99 Å². The number of amides is 2. The second-order valence-corrected chi connectivity index (χ2v) is 7.30. The molecule has 1 aromatic heterocycles. The number of hydrogen-bond acceptors (Lipinski definition) is 4. The van der Waals surface area contributed by atoms with Gasteiger partial charge in [0.15, 0.2) is 11.7 Å². The Bertz CT molecular complexity index is 1060. The first-order chi connectivity index (χ1) is 15.5. The van der Waals surface area contributed by atoms with E-state index in [9.17, 15) is 9.59 Å². The van der Waals surface area contributed by atoms with E-state index >= 15 is 0 Å². The van der Waals surface area contributed by atoms with Gasteiger partial charge in [-0.3, -0.25) is 14.6 Å². The second kappa shape index (κ2) is 12.6. The fourth-order valence-electron chi connectivity index (χ4n) is 2.92. The number of hydrogen-bond donors (Lipinski definition) is 3. The summed E-state index contributed by atoms with van der Waals surface area (Å²) in [5.41, 5.74) is 3.43. The Morgan fingerprint density at radius 2 is 1.48 bits per heavy atom. The predicted molar refractivity (Wildman–Crippen MR) is 140 cm³/mol. The summed E-state index contributed by atoms with van der Waals surface area (Å²) in [6.07, 6.45) is 1.46. The van der Waals surface area contributed by atoms with Crippen molar-refractivity contribution in [3.05, 3.63) is 89.4 Å². The molecule has 0 fully saturated rings. The summed E-state index contributed by atoms with van der Waals surface area (Å²) >= 11 is 0. The first-order valence-electron chi connectivity index (χ1n) is 10.1. The lowest BCUT2D eigenvalue weighted by molar-refractivity contribution is 0.0827. The number of guanidine groups is 1. The summed E-state index contributed by atoms with van der Waals surface area (Å²) in [5.74, 6) is 0.622. The third-order valence-electron chi connectivity index (χ3n) is 4.71. The SMILES string of the molecule is CN=C(NCc1ccc(NC(=O)c2ccco2)cc1)NCc1ccc(C(=O)N(C)C)cc1.I. The largest absolute Gasteiger partial charge is 0.459 e. The van der Waals surface area contributed by atoms with E-state index in [4.69, 9.17) is 4.42 Å². The number of benzene rings is 2. The summed E-state index contributed by atoms with van der Waals surface area (Å²) in [7, 11) is 5.18. The zero-order valence-corrected chi connectivity index (χ0v) is 21.1. The highest BCUT2D eigenvalue weighted by Crippen LogP contribution is 2.12. The van der Waals surface area contributed by atoms with Crippen LogP contribution in [0.15, 0.2) is 76.3 Å². The summed E-state index contributed by atoms with van der Waals surface area (Å²) in [6, 6.07) is 18.3. The Kier molecular flexibility index (Phi) is 9.92. The van der Waals surface area contributed by atoms with Gasteiger partial charge in [-0.2, -0.15) is 0 Å². The van der Waals surface area contributed by atoms with Crippen molar-refractivity contribution in [3.63, 3.8) is 0 Å². The summed E-state index contributed by atoms with van der Waals surface area (Å²) in [4.78, 5) is 29.8. The molecule has 0 radical (unpaired) electrons. The van der Waals surface area contributed by atoms with Gasteiger partial charge in [-0.15, -0.1) is 24.0 Å². The molecule has 0 saturated carbocycles. The molecule has 174 valence electrons. The molecule has 0 saturated heterocycles. The van der Waals surface area contributed by atoms with E-state index in [-0.39, 0.29) is 41.6 Å². The van der Waals surface area contributed by atoms with Crippen molar-refractivity contribution in [2.75, 3.05) is 26.5 Å². The molecule has 0 unspecified atom stereocenters. The molecule has 1 heterocycles. The molecule has 0 aliphatic rings. The first kappa shape index (κ1) is 25.9. The minimum atomic E-state index is -0.287. The standard InChI is InChI=1S/C24H27N5O3.HI/c1-25-24(26-15-17-6-10-19(11-7-17)23(31)29(2)3)27-16-18-8-12-20(13-9-18)28-22(30)21-5-4-14-32-21;/h4-14H,15-16H2,1-3H3,(H,28,30)(H2,25,26,27);1H. The monoisotopic (exact) mass is 561 g/mol. The lowest BCUT2D eigenvalue weighted by Crippen LogP contribution is -2.36. The Balaban J connectivity index is 0.00000385. The molecule has 0 aliphatic carbocycles. The molecular weight excluding hydrogens is 533 g/mol. The topological polar surface area (TPSA) is 99.0 Å². The fourth-order valence-corrected chi connectivity index (χ4v) is 2.92. The number of nitrogens with zero attached hydrogens (tertiary/aromatic N) is 2. The van der Waals surface area contributed by atoms with Crippen molar-refractivity contribution in [1.82, 2.24) is 15.5 Å². The minimum absolute atomic E-state index is 0. The van der Waals surface area contributed by atoms with Crippen molar-refractivity contribution < 1.29 is 14.0 Å². The zero-order chi connectivity index (χ0) is 22.9. The molecule has 0 spiro atoms. The van der Waals surface area contributed by atoms with Gasteiger partial charge in [0.2, 0.25) is 0 Å². The van der Waals surface area contributed by atoms with Crippen LogP contribution in [0.2, 0.25) is 0 Å². The van der Waals surface area contributed by atoms with Crippen LogP contribution >= 0.6 is 24.0 Å². The molecule has 3 N–H and O–H groups in total. The number of carbonyl (C=O) groups is 2. The molecule has 9 heteroatoms. The van der Waals surface area contributed by atoms with Gasteiger partial charge in [-0.05, 0) is 47.5 Å². The van der Waals surface area contributed by atoms with Crippen LogP contribution in [0.25, 0.3) is 0 Å².